The van der Waals surface area contributed by atoms with Crippen molar-refractivity contribution in [2.45, 2.75) is 50.6 Å². The molecule has 1 fully saturated rings. The first-order valence-electron chi connectivity index (χ1n) is 9.63. The Balaban J connectivity index is 1.71. The molecule has 0 aromatic heterocycles. The Morgan fingerprint density at radius 3 is 2.64 bits per heavy atom. The van der Waals surface area contributed by atoms with Gasteiger partial charge in [-0.15, -0.1) is 0 Å². The molecule has 1 saturated heterocycles. The molecule has 150 valence electrons. The minimum atomic E-state index is -1.09. The van der Waals surface area contributed by atoms with Gasteiger partial charge in [-0.2, -0.15) is 0 Å². The molecule has 2 aromatic rings. The number of benzene rings is 2. The molecule has 4 atom stereocenters. The molecule has 3 unspecified atom stereocenters. The lowest BCUT2D eigenvalue weighted by Gasteiger charge is -2.37. The Bertz CT molecular complexity index is 851. The minimum Gasteiger partial charge on any atom is -0.493 e. The molecule has 2 aromatic carbocycles. The van der Waals surface area contributed by atoms with Crippen LogP contribution in [0, 0.1) is 6.92 Å². The van der Waals surface area contributed by atoms with Crippen molar-refractivity contribution in [3.05, 3.63) is 63.2 Å². The normalized spacial score (nSPS) is 26.8. The molecule has 0 spiro atoms. The summed E-state index contributed by atoms with van der Waals surface area (Å²) in [6.45, 7) is 2.38. The van der Waals surface area contributed by atoms with Crippen molar-refractivity contribution < 1.29 is 24.8 Å². The molecule has 3 N–H and O–H groups in total. The highest BCUT2D eigenvalue weighted by Crippen LogP contribution is 2.43. The maximum Gasteiger partial charge on any atom is 0.128 e. The number of aliphatic hydroxyl groups is 3. The number of halogens is 1. The molecule has 28 heavy (non-hydrogen) atoms. The van der Waals surface area contributed by atoms with E-state index in [1.54, 1.807) is 0 Å². The molecule has 0 aliphatic carbocycles. The van der Waals surface area contributed by atoms with Crippen LogP contribution in [0.15, 0.2) is 30.3 Å². The Labute approximate surface area is 169 Å². The van der Waals surface area contributed by atoms with Gasteiger partial charge in [-0.1, -0.05) is 23.7 Å². The van der Waals surface area contributed by atoms with Gasteiger partial charge in [0.1, 0.15) is 18.0 Å². The van der Waals surface area contributed by atoms with E-state index in [2.05, 4.69) is 13.0 Å². The van der Waals surface area contributed by atoms with Crippen LogP contribution in [0.25, 0.3) is 0 Å². The van der Waals surface area contributed by atoms with Crippen molar-refractivity contribution in [3.63, 3.8) is 0 Å². The van der Waals surface area contributed by atoms with Gasteiger partial charge in [-0.25, -0.2) is 0 Å². The van der Waals surface area contributed by atoms with Gasteiger partial charge < -0.3 is 24.8 Å². The topological polar surface area (TPSA) is 79.2 Å². The van der Waals surface area contributed by atoms with Crippen LogP contribution < -0.4 is 4.74 Å². The summed E-state index contributed by atoms with van der Waals surface area (Å²) in [6.07, 6.45) is -1.44. The van der Waals surface area contributed by atoms with Crippen LogP contribution in [0.5, 0.6) is 5.75 Å². The quantitative estimate of drug-likeness (QED) is 0.730. The molecule has 5 nitrogen and oxygen atoms in total. The highest BCUT2D eigenvalue weighted by Gasteiger charge is 2.39. The zero-order chi connectivity index (χ0) is 19.8. The molecule has 2 heterocycles. The zero-order valence-corrected chi connectivity index (χ0v) is 16.5. The van der Waals surface area contributed by atoms with E-state index >= 15 is 0 Å². The summed E-state index contributed by atoms with van der Waals surface area (Å²) in [7, 11) is 0. The molecule has 0 saturated carbocycles. The lowest BCUT2D eigenvalue weighted by molar-refractivity contribution is -0.181. The third-order valence-corrected chi connectivity index (χ3v) is 6.06. The van der Waals surface area contributed by atoms with E-state index in [1.165, 1.54) is 16.7 Å². The number of hydrogen-bond donors (Lipinski definition) is 3. The van der Waals surface area contributed by atoms with Crippen molar-refractivity contribution in [2.75, 3.05) is 13.2 Å². The van der Waals surface area contributed by atoms with Crippen LogP contribution >= 0.6 is 11.6 Å². The smallest absolute Gasteiger partial charge is 0.128 e. The van der Waals surface area contributed by atoms with Gasteiger partial charge in [0.25, 0.3) is 0 Å². The van der Waals surface area contributed by atoms with E-state index < -0.39 is 24.4 Å². The van der Waals surface area contributed by atoms with Crippen LogP contribution in [-0.4, -0.2) is 46.8 Å². The number of aliphatic hydroxyl groups excluding tert-OH is 3. The first-order valence-corrected chi connectivity index (χ1v) is 10.0. The Hall–Kier alpha value is -1.63. The number of rotatable bonds is 4. The molecular weight excluding hydrogens is 380 g/mol. The van der Waals surface area contributed by atoms with Gasteiger partial charge in [0.05, 0.1) is 25.4 Å². The predicted octanol–water partition coefficient (Wildman–Crippen LogP) is 2.72. The molecule has 2 aliphatic rings. The van der Waals surface area contributed by atoms with Gasteiger partial charge in [-0.3, -0.25) is 0 Å². The number of hydrogen-bond acceptors (Lipinski definition) is 5. The van der Waals surface area contributed by atoms with E-state index in [9.17, 15) is 15.3 Å². The third-order valence-electron chi connectivity index (χ3n) is 5.80. The molecular formula is C22H25ClO5. The van der Waals surface area contributed by atoms with E-state index in [1.807, 2.05) is 24.3 Å². The standard InChI is InChI=1S/C22H25ClO5/c1-12-14(8-13-2-4-15(23)5-3-13)9-17(22-16(12)6-7-27-22)19-10-18(25)21(26)20(11-24)28-19/h2-5,9,18-21,24-26H,6-8,10-11H2,1H3/t18?,19?,20?,21-/m0/s1. The Kier molecular flexibility index (Phi) is 5.63. The first-order chi connectivity index (χ1) is 13.5. The van der Waals surface area contributed by atoms with Gasteiger partial charge >= 0.3 is 0 Å². The minimum absolute atomic E-state index is 0.261. The van der Waals surface area contributed by atoms with E-state index in [-0.39, 0.29) is 13.0 Å². The van der Waals surface area contributed by atoms with Crippen molar-refractivity contribution in [1.29, 1.82) is 0 Å². The van der Waals surface area contributed by atoms with Gasteiger partial charge in [-0.05, 0) is 48.2 Å². The number of fused-ring (bicyclic) bond motifs is 1. The second-order valence-corrected chi connectivity index (χ2v) is 8.04. The summed E-state index contributed by atoms with van der Waals surface area (Å²) in [5.41, 5.74) is 5.59. The summed E-state index contributed by atoms with van der Waals surface area (Å²) >= 11 is 6.00. The molecule has 0 amide bonds. The fourth-order valence-electron chi connectivity index (χ4n) is 4.18. The second kappa shape index (κ2) is 8.01. The van der Waals surface area contributed by atoms with Gasteiger partial charge in [0.15, 0.2) is 0 Å². The van der Waals surface area contributed by atoms with Crippen LogP contribution in [0.2, 0.25) is 5.02 Å². The van der Waals surface area contributed by atoms with E-state index in [0.29, 0.717) is 11.6 Å². The first kappa shape index (κ1) is 19.7. The summed E-state index contributed by atoms with van der Waals surface area (Å²) in [5, 5.41) is 30.5. The lowest BCUT2D eigenvalue weighted by atomic mass is 9.87. The Morgan fingerprint density at radius 2 is 1.93 bits per heavy atom. The summed E-state index contributed by atoms with van der Waals surface area (Å²) < 4.78 is 11.8. The zero-order valence-electron chi connectivity index (χ0n) is 15.8. The largest absolute Gasteiger partial charge is 0.493 e. The van der Waals surface area contributed by atoms with Crippen molar-refractivity contribution in [1.82, 2.24) is 0 Å². The lowest BCUT2D eigenvalue weighted by Crippen LogP contribution is -2.47. The fourth-order valence-corrected chi connectivity index (χ4v) is 4.30. The molecule has 4 rings (SSSR count). The van der Waals surface area contributed by atoms with Crippen molar-refractivity contribution in [2.24, 2.45) is 0 Å². The van der Waals surface area contributed by atoms with Gasteiger partial charge in [0.2, 0.25) is 0 Å². The van der Waals surface area contributed by atoms with Crippen LogP contribution in [0.4, 0.5) is 0 Å². The van der Waals surface area contributed by atoms with Crippen LogP contribution in [0.1, 0.15) is 40.3 Å². The van der Waals surface area contributed by atoms with E-state index in [0.717, 1.165) is 29.7 Å². The highest BCUT2D eigenvalue weighted by atomic mass is 35.5. The Morgan fingerprint density at radius 1 is 1.18 bits per heavy atom. The second-order valence-electron chi connectivity index (χ2n) is 7.60. The third kappa shape index (κ3) is 3.65. The maximum absolute atomic E-state index is 10.3. The van der Waals surface area contributed by atoms with E-state index in [4.69, 9.17) is 21.1 Å². The number of ether oxygens (including phenoxy) is 2. The molecule has 0 radical (unpaired) electrons. The summed E-state index contributed by atoms with van der Waals surface area (Å²) in [6, 6.07) is 9.89. The highest BCUT2D eigenvalue weighted by molar-refractivity contribution is 6.30. The fraction of sp³-hybridized carbons (Fsp3) is 0.455. The van der Waals surface area contributed by atoms with Crippen LogP contribution in [0.3, 0.4) is 0 Å². The molecule has 0 bridgehead atoms. The predicted molar refractivity (Wildman–Crippen MR) is 106 cm³/mol. The van der Waals surface area contributed by atoms with Crippen molar-refractivity contribution >= 4 is 11.6 Å². The van der Waals surface area contributed by atoms with Crippen LogP contribution in [-0.2, 0) is 17.6 Å². The average Bonchev–Trinajstić information content (AvgIpc) is 3.18. The van der Waals surface area contributed by atoms with Gasteiger partial charge in [0, 0.05) is 29.0 Å². The molecule has 6 heteroatoms. The summed E-state index contributed by atoms with van der Waals surface area (Å²) in [4.78, 5) is 0. The SMILES string of the molecule is Cc1c(Cc2ccc(Cl)cc2)cc(C2CC(O)[C@H](O)C(CO)O2)c2c1CCO2. The van der Waals surface area contributed by atoms with Crippen molar-refractivity contribution in [3.8, 4) is 5.75 Å². The summed E-state index contributed by atoms with van der Waals surface area (Å²) in [5.74, 6) is 0.822. The average molecular weight is 405 g/mol. The monoisotopic (exact) mass is 404 g/mol. The molecule has 2 aliphatic heterocycles. The maximum atomic E-state index is 10.3.